The highest BCUT2D eigenvalue weighted by Crippen LogP contribution is 2.17. The molecule has 0 saturated heterocycles. The van der Waals surface area contributed by atoms with Crippen molar-refractivity contribution in [1.82, 2.24) is 0 Å². The maximum Gasteiger partial charge on any atom is -0.0128 e. The molecular weight excluding hydrogens is 240 g/mol. The molecule has 1 aromatic carbocycles. The number of hydrogen-bond donors (Lipinski definition) is 0. The fourth-order valence-electron chi connectivity index (χ4n) is 2.17. The average molecular weight is 268 g/mol. The summed E-state index contributed by atoms with van der Waals surface area (Å²) in [6.07, 6.45) is 11.8. The van der Waals surface area contributed by atoms with E-state index in [1.54, 1.807) is 5.57 Å². The molecule has 0 bridgehead atoms. The molecular formula is C20H28. The van der Waals surface area contributed by atoms with Crippen LogP contribution in [0.2, 0.25) is 0 Å². The molecule has 0 saturated carbocycles. The van der Waals surface area contributed by atoms with E-state index < -0.39 is 0 Å². The van der Waals surface area contributed by atoms with Gasteiger partial charge < -0.3 is 0 Å². The molecule has 0 aromatic heterocycles. The minimum absolute atomic E-state index is 1.12. The van der Waals surface area contributed by atoms with Gasteiger partial charge >= 0.3 is 0 Å². The van der Waals surface area contributed by atoms with Crippen molar-refractivity contribution in [2.75, 3.05) is 0 Å². The standard InChI is InChI=1S/C20H28/c1-4-6-11-19(10-5-2)16-14-18(3)15-17-20-12-8-7-9-13-20/h7-9,11-13,17H,4-6,10,14,16H2,1-3H3/b19-11+. The molecule has 108 valence electrons. The van der Waals surface area contributed by atoms with Crippen LogP contribution in [0.15, 0.2) is 53.3 Å². The molecule has 0 heterocycles. The zero-order valence-corrected chi connectivity index (χ0v) is 13.3. The minimum atomic E-state index is 1.12. The zero-order valence-electron chi connectivity index (χ0n) is 13.3. The largest absolute Gasteiger partial charge is 0.121 e. The maximum atomic E-state index is 3.42. The van der Waals surface area contributed by atoms with Gasteiger partial charge in [0.15, 0.2) is 0 Å². The zero-order chi connectivity index (χ0) is 14.6. The van der Waals surface area contributed by atoms with E-state index in [0.29, 0.717) is 0 Å². The second-order valence-corrected chi connectivity index (χ2v) is 5.38. The first-order valence-electron chi connectivity index (χ1n) is 7.91. The Morgan fingerprint density at radius 2 is 1.75 bits per heavy atom. The lowest BCUT2D eigenvalue weighted by molar-refractivity contribution is 0.797. The summed E-state index contributed by atoms with van der Waals surface area (Å²) < 4.78 is 0. The Morgan fingerprint density at radius 1 is 1.00 bits per heavy atom. The van der Waals surface area contributed by atoms with Crippen LogP contribution < -0.4 is 0 Å². The molecule has 0 fully saturated rings. The van der Waals surface area contributed by atoms with E-state index in [9.17, 15) is 0 Å². The van der Waals surface area contributed by atoms with Crippen LogP contribution in [-0.2, 0) is 0 Å². The molecule has 0 radical (unpaired) electrons. The summed E-state index contributed by atoms with van der Waals surface area (Å²) >= 11 is 0. The van der Waals surface area contributed by atoms with Crippen molar-refractivity contribution in [3.63, 3.8) is 0 Å². The van der Waals surface area contributed by atoms with E-state index in [-0.39, 0.29) is 0 Å². The first-order chi connectivity index (χ1) is 9.76. The molecule has 0 unspecified atom stereocenters. The van der Waals surface area contributed by atoms with Crippen LogP contribution in [0.3, 0.4) is 0 Å². The Morgan fingerprint density at radius 3 is 2.40 bits per heavy atom. The van der Waals surface area contributed by atoms with Crippen LogP contribution in [0.5, 0.6) is 0 Å². The van der Waals surface area contributed by atoms with Crippen LogP contribution in [0.4, 0.5) is 0 Å². The Hall–Kier alpha value is -1.52. The minimum Gasteiger partial charge on any atom is -0.121 e. The first kappa shape index (κ1) is 16.5. The predicted octanol–water partition coefficient (Wildman–Crippen LogP) is 6.55. The molecule has 0 nitrogen and oxygen atoms in total. The SMILES string of the molecule is CCC/C=C(\CCC)CCC(C)=C=Cc1ccccc1. The lowest BCUT2D eigenvalue weighted by Crippen LogP contribution is -1.86. The topological polar surface area (TPSA) is 0 Å². The average Bonchev–Trinajstić information content (AvgIpc) is 2.49. The van der Waals surface area contributed by atoms with Crippen LogP contribution in [0.1, 0.15) is 64.9 Å². The quantitative estimate of drug-likeness (QED) is 0.370. The molecule has 1 aromatic rings. The van der Waals surface area contributed by atoms with Gasteiger partial charge in [-0.1, -0.05) is 68.7 Å². The van der Waals surface area contributed by atoms with Gasteiger partial charge in [0, 0.05) is 0 Å². The summed E-state index contributed by atoms with van der Waals surface area (Å²) in [5.74, 6) is 0. The molecule has 0 atom stereocenters. The smallest absolute Gasteiger partial charge is 0.0128 e. The monoisotopic (exact) mass is 268 g/mol. The number of rotatable bonds is 8. The molecule has 0 aliphatic carbocycles. The van der Waals surface area contributed by atoms with Crippen molar-refractivity contribution >= 4 is 6.08 Å². The fraction of sp³-hybridized carbons (Fsp3) is 0.450. The van der Waals surface area contributed by atoms with Crippen molar-refractivity contribution in [1.29, 1.82) is 0 Å². The molecule has 20 heavy (non-hydrogen) atoms. The van der Waals surface area contributed by atoms with E-state index in [1.165, 1.54) is 43.2 Å². The van der Waals surface area contributed by atoms with Gasteiger partial charge in [0.25, 0.3) is 0 Å². The van der Waals surface area contributed by atoms with Gasteiger partial charge in [0.1, 0.15) is 0 Å². The highest BCUT2D eigenvalue weighted by atomic mass is 14.0. The van der Waals surface area contributed by atoms with Crippen LogP contribution in [-0.4, -0.2) is 0 Å². The second kappa shape index (κ2) is 10.3. The van der Waals surface area contributed by atoms with E-state index in [4.69, 9.17) is 0 Å². The third-order valence-corrected chi connectivity index (χ3v) is 3.40. The Bertz CT molecular complexity index is 456. The molecule has 0 spiro atoms. The van der Waals surface area contributed by atoms with Crippen molar-refractivity contribution in [2.24, 2.45) is 0 Å². The normalized spacial score (nSPS) is 11.1. The third kappa shape index (κ3) is 7.16. The van der Waals surface area contributed by atoms with E-state index in [2.05, 4.69) is 62.9 Å². The van der Waals surface area contributed by atoms with Crippen molar-refractivity contribution < 1.29 is 0 Å². The Kier molecular flexibility index (Phi) is 8.51. The number of unbranched alkanes of at least 4 members (excludes halogenated alkanes) is 1. The molecule has 0 aliphatic heterocycles. The summed E-state index contributed by atoms with van der Waals surface area (Å²) in [5, 5.41) is 0. The summed E-state index contributed by atoms with van der Waals surface area (Å²) in [6.45, 7) is 6.69. The van der Waals surface area contributed by atoms with E-state index in [0.717, 1.165) is 6.42 Å². The summed E-state index contributed by atoms with van der Waals surface area (Å²) in [6, 6.07) is 10.4. The van der Waals surface area contributed by atoms with Gasteiger partial charge in [-0.15, -0.1) is 5.73 Å². The summed E-state index contributed by atoms with van der Waals surface area (Å²) in [7, 11) is 0. The van der Waals surface area contributed by atoms with Gasteiger partial charge in [-0.05, 0) is 49.8 Å². The number of allylic oxidation sites excluding steroid dienone is 3. The van der Waals surface area contributed by atoms with Gasteiger partial charge in [0.05, 0.1) is 0 Å². The van der Waals surface area contributed by atoms with Gasteiger partial charge in [-0.2, -0.15) is 0 Å². The summed E-state index contributed by atoms with van der Waals surface area (Å²) in [4.78, 5) is 0. The fourth-order valence-corrected chi connectivity index (χ4v) is 2.17. The van der Waals surface area contributed by atoms with Gasteiger partial charge in [-0.25, -0.2) is 0 Å². The van der Waals surface area contributed by atoms with Gasteiger partial charge in [0.2, 0.25) is 0 Å². The van der Waals surface area contributed by atoms with Crippen molar-refractivity contribution in [2.45, 2.75) is 59.3 Å². The summed E-state index contributed by atoms with van der Waals surface area (Å²) in [5.41, 5.74) is 7.60. The number of hydrogen-bond acceptors (Lipinski definition) is 0. The Labute approximate surface area is 124 Å². The van der Waals surface area contributed by atoms with Crippen LogP contribution in [0.25, 0.3) is 6.08 Å². The molecule has 0 heteroatoms. The molecule has 0 N–H and O–H groups in total. The van der Waals surface area contributed by atoms with Crippen LogP contribution in [0, 0.1) is 0 Å². The van der Waals surface area contributed by atoms with Crippen molar-refractivity contribution in [3.05, 3.63) is 58.8 Å². The molecule has 1 rings (SSSR count). The maximum absolute atomic E-state index is 3.42. The number of benzene rings is 1. The highest BCUT2D eigenvalue weighted by molar-refractivity contribution is 5.48. The molecule has 0 amide bonds. The van der Waals surface area contributed by atoms with Crippen LogP contribution >= 0.6 is 0 Å². The Balaban J connectivity index is 2.56. The van der Waals surface area contributed by atoms with Gasteiger partial charge in [-0.3, -0.25) is 0 Å². The van der Waals surface area contributed by atoms with Crippen molar-refractivity contribution in [3.8, 4) is 0 Å². The highest BCUT2D eigenvalue weighted by Gasteiger charge is 1.97. The first-order valence-corrected chi connectivity index (χ1v) is 7.91. The second-order valence-electron chi connectivity index (χ2n) is 5.38. The van der Waals surface area contributed by atoms with E-state index >= 15 is 0 Å². The third-order valence-electron chi connectivity index (χ3n) is 3.40. The lowest BCUT2D eigenvalue weighted by Gasteiger charge is -2.05. The lowest BCUT2D eigenvalue weighted by atomic mass is 10.0. The molecule has 0 aliphatic rings. The van der Waals surface area contributed by atoms with E-state index in [1.807, 2.05) is 6.07 Å². The predicted molar refractivity (Wildman–Crippen MR) is 90.7 cm³/mol.